The van der Waals surface area contributed by atoms with Crippen LogP contribution in [0.15, 0.2) is 29.1 Å². The molecule has 0 aromatic heterocycles. The van der Waals surface area contributed by atoms with Gasteiger partial charge >= 0.3 is 6.09 Å². The minimum absolute atomic E-state index is 0.164. The highest BCUT2D eigenvalue weighted by Crippen LogP contribution is 2.25. The van der Waals surface area contributed by atoms with Crippen molar-refractivity contribution in [3.63, 3.8) is 0 Å². The fourth-order valence-electron chi connectivity index (χ4n) is 2.11. The molecular weight excluding hydrogens is 386 g/mol. The molecule has 4 N–H and O–H groups in total. The quantitative estimate of drug-likeness (QED) is 0.665. The van der Waals surface area contributed by atoms with Crippen LogP contribution in [-0.2, 0) is 9.53 Å². The molecule has 8 nitrogen and oxygen atoms in total. The van der Waals surface area contributed by atoms with Gasteiger partial charge in [0.2, 0.25) is 6.35 Å². The van der Waals surface area contributed by atoms with E-state index in [1.807, 2.05) is 0 Å². The summed E-state index contributed by atoms with van der Waals surface area (Å²) < 4.78 is 31.4. The highest BCUT2D eigenvalue weighted by molar-refractivity contribution is 6.44. The first kappa shape index (κ1) is 20.7. The van der Waals surface area contributed by atoms with E-state index in [2.05, 4.69) is 5.32 Å². The molecule has 1 aliphatic heterocycles. The first-order valence-electron chi connectivity index (χ1n) is 7.76. The summed E-state index contributed by atoms with van der Waals surface area (Å²) in [4.78, 5) is 26.0. The Morgan fingerprint density at radius 2 is 1.81 bits per heavy atom. The maximum absolute atomic E-state index is 13.2. The first-order valence-corrected chi connectivity index (χ1v) is 8.14. The van der Waals surface area contributed by atoms with Crippen molar-refractivity contribution in [2.75, 3.05) is 12.0 Å². The van der Waals surface area contributed by atoms with Gasteiger partial charge in [0, 0.05) is 11.8 Å². The Morgan fingerprint density at radius 1 is 1.26 bits per heavy atom. The maximum atomic E-state index is 13.2. The number of amides is 2. The summed E-state index contributed by atoms with van der Waals surface area (Å²) in [5.41, 5.74) is 4.83. The van der Waals surface area contributed by atoms with E-state index in [1.165, 1.54) is 0 Å². The number of aliphatic hydroxyl groups excluding tert-OH is 1. The van der Waals surface area contributed by atoms with Gasteiger partial charge in [-0.2, -0.15) is 0 Å². The van der Waals surface area contributed by atoms with E-state index in [-0.39, 0.29) is 18.2 Å². The van der Waals surface area contributed by atoms with Gasteiger partial charge in [-0.15, -0.1) is 0 Å². The summed E-state index contributed by atoms with van der Waals surface area (Å²) >= 11 is 5.89. The van der Waals surface area contributed by atoms with E-state index in [1.54, 1.807) is 20.8 Å². The number of rotatable bonds is 3. The van der Waals surface area contributed by atoms with Gasteiger partial charge in [0.25, 0.3) is 5.91 Å². The summed E-state index contributed by atoms with van der Waals surface area (Å²) in [6, 6.07) is 2.43. The lowest BCUT2D eigenvalue weighted by atomic mass is 10.2. The van der Waals surface area contributed by atoms with E-state index in [9.17, 15) is 23.5 Å². The van der Waals surface area contributed by atoms with Gasteiger partial charge in [0.1, 0.15) is 34.8 Å². The van der Waals surface area contributed by atoms with Crippen LogP contribution < -0.4 is 11.1 Å². The molecule has 2 rings (SSSR count). The molecule has 1 aromatic rings. The predicted octanol–water partition coefficient (Wildman–Crippen LogP) is 2.06. The summed E-state index contributed by atoms with van der Waals surface area (Å²) in [6.45, 7) is 4.83. The van der Waals surface area contributed by atoms with Gasteiger partial charge in [0.05, 0.1) is 0 Å². The van der Waals surface area contributed by atoms with Crippen LogP contribution in [0.2, 0.25) is 0 Å². The average Bonchev–Trinajstić information content (AvgIpc) is 2.49. The highest BCUT2D eigenvalue weighted by Gasteiger charge is 2.42. The second kappa shape index (κ2) is 7.57. The van der Waals surface area contributed by atoms with Crippen molar-refractivity contribution >= 4 is 29.3 Å². The van der Waals surface area contributed by atoms with Gasteiger partial charge in [-0.3, -0.25) is 9.69 Å². The molecular formula is C16H19ClF2N4O4. The third kappa shape index (κ3) is 4.98. The number of benzene rings is 1. The van der Waals surface area contributed by atoms with Crippen LogP contribution in [0.5, 0.6) is 0 Å². The third-order valence-electron chi connectivity index (χ3n) is 3.34. The zero-order valence-corrected chi connectivity index (χ0v) is 15.6. The van der Waals surface area contributed by atoms with Gasteiger partial charge in [-0.1, -0.05) is 11.6 Å². The topological polar surface area (TPSA) is 108 Å². The number of halogens is 3. The molecule has 0 radical (unpaired) electrons. The predicted molar refractivity (Wildman–Crippen MR) is 92.8 cm³/mol. The second-order valence-electron chi connectivity index (χ2n) is 6.72. The lowest BCUT2D eigenvalue weighted by Crippen LogP contribution is -2.66. The largest absolute Gasteiger partial charge is 0.444 e. The number of aliphatic hydroxyl groups is 1. The Bertz CT molecular complexity index is 777. The van der Waals surface area contributed by atoms with Crippen molar-refractivity contribution in [2.45, 2.75) is 32.7 Å². The number of ether oxygens (including phenoxy) is 1. The van der Waals surface area contributed by atoms with E-state index in [0.717, 1.165) is 21.9 Å². The Labute approximate surface area is 159 Å². The van der Waals surface area contributed by atoms with Crippen LogP contribution in [0.1, 0.15) is 20.8 Å². The summed E-state index contributed by atoms with van der Waals surface area (Å²) in [5, 5.41) is 11.7. The molecule has 1 heterocycles. The molecule has 1 atom stereocenters. The zero-order valence-electron chi connectivity index (χ0n) is 14.8. The maximum Gasteiger partial charge on any atom is 0.415 e. The smallest absolute Gasteiger partial charge is 0.415 e. The Balaban J connectivity index is 2.05. The molecule has 11 heteroatoms. The lowest BCUT2D eigenvalue weighted by Gasteiger charge is -2.48. The molecule has 27 heavy (non-hydrogen) atoms. The molecule has 1 saturated heterocycles. The third-order valence-corrected chi connectivity index (χ3v) is 3.71. The van der Waals surface area contributed by atoms with Crippen molar-refractivity contribution in [2.24, 2.45) is 5.73 Å². The lowest BCUT2D eigenvalue weighted by molar-refractivity contribution is -0.193. The fourth-order valence-corrected chi connectivity index (χ4v) is 2.27. The van der Waals surface area contributed by atoms with Crippen molar-refractivity contribution in [3.8, 4) is 0 Å². The van der Waals surface area contributed by atoms with Crippen LogP contribution in [0.4, 0.5) is 19.3 Å². The molecule has 148 valence electrons. The Hall–Kier alpha value is -2.59. The molecule has 1 fully saturated rings. The minimum atomic E-state index is -1.48. The molecule has 0 bridgehead atoms. The van der Waals surface area contributed by atoms with Gasteiger partial charge in [0.15, 0.2) is 0 Å². The highest BCUT2D eigenvalue weighted by atomic mass is 35.5. The van der Waals surface area contributed by atoms with Crippen molar-refractivity contribution in [1.29, 1.82) is 0 Å². The van der Waals surface area contributed by atoms with Crippen molar-refractivity contribution in [1.82, 2.24) is 9.80 Å². The van der Waals surface area contributed by atoms with Crippen LogP contribution >= 0.6 is 11.6 Å². The number of hydrogen-bond acceptors (Lipinski definition) is 6. The van der Waals surface area contributed by atoms with Crippen LogP contribution in [0, 0.1) is 11.6 Å². The molecule has 0 saturated carbocycles. The number of anilines is 1. The second-order valence-corrected chi connectivity index (χ2v) is 7.10. The summed E-state index contributed by atoms with van der Waals surface area (Å²) in [5.74, 6) is -3.03. The van der Waals surface area contributed by atoms with Gasteiger partial charge in [-0.25, -0.2) is 18.5 Å². The molecule has 2 amide bonds. The zero-order chi connectivity index (χ0) is 20.5. The number of nitrogens with one attached hydrogen (secondary N) is 1. The van der Waals surface area contributed by atoms with Gasteiger partial charge in [-0.05, 0) is 32.9 Å². The average molecular weight is 405 g/mol. The van der Waals surface area contributed by atoms with Crippen molar-refractivity contribution < 1.29 is 28.2 Å². The van der Waals surface area contributed by atoms with Crippen LogP contribution in [0.3, 0.4) is 0 Å². The summed E-state index contributed by atoms with van der Waals surface area (Å²) in [7, 11) is 0. The standard InChI is InChI=1S/C16H19ClF2N4O4/c1-16(2,3)27-15(26)23-7-22(14(23)25)12(20)11(17)13(24)21-10-5-8(18)4-9(19)6-10/h4-6,14,25H,7,20H2,1-3H3,(H,21,24)/b12-11-. The number of carbonyl (C=O) groups excluding carboxylic acids is 2. The monoisotopic (exact) mass is 404 g/mol. The molecule has 1 unspecified atom stereocenters. The first-order chi connectivity index (χ1) is 12.4. The Morgan fingerprint density at radius 3 is 2.30 bits per heavy atom. The number of carbonyl (C=O) groups is 2. The molecule has 0 aliphatic carbocycles. The van der Waals surface area contributed by atoms with E-state index < -0.39 is 40.6 Å². The van der Waals surface area contributed by atoms with E-state index >= 15 is 0 Å². The van der Waals surface area contributed by atoms with Crippen LogP contribution in [-0.4, -0.2) is 45.5 Å². The fraction of sp³-hybridized carbons (Fsp3) is 0.375. The number of nitrogens with two attached hydrogens (primary N) is 1. The van der Waals surface area contributed by atoms with E-state index in [4.69, 9.17) is 22.1 Å². The molecule has 1 aromatic carbocycles. The molecule has 0 spiro atoms. The number of nitrogens with zero attached hydrogens (tertiary/aromatic N) is 2. The summed E-state index contributed by atoms with van der Waals surface area (Å²) in [6.07, 6.45) is -2.25. The van der Waals surface area contributed by atoms with Crippen LogP contribution in [0.25, 0.3) is 0 Å². The number of hydrogen-bond donors (Lipinski definition) is 3. The van der Waals surface area contributed by atoms with E-state index in [0.29, 0.717) is 6.07 Å². The van der Waals surface area contributed by atoms with Crippen molar-refractivity contribution in [3.05, 3.63) is 40.7 Å². The minimum Gasteiger partial charge on any atom is -0.444 e. The van der Waals surface area contributed by atoms with Gasteiger partial charge < -0.3 is 20.9 Å². The SMILES string of the molecule is CC(C)(C)OC(=O)N1CN(/C(N)=C(\Cl)C(=O)Nc2cc(F)cc(F)c2)C1O. The normalized spacial score (nSPS) is 17.8. The molecule has 1 aliphatic rings. The Kier molecular flexibility index (Phi) is 5.81.